The Labute approximate surface area is 216 Å². The van der Waals surface area contributed by atoms with Gasteiger partial charge in [0, 0.05) is 23.2 Å². The molecular weight excluding hydrogens is 505 g/mol. The Kier molecular flexibility index (Phi) is 7.66. The minimum Gasteiger partial charge on any atom is -0.437 e. The fourth-order valence-electron chi connectivity index (χ4n) is 3.85. The van der Waals surface area contributed by atoms with Crippen molar-refractivity contribution in [2.75, 3.05) is 10.0 Å². The van der Waals surface area contributed by atoms with Crippen LogP contribution in [0, 0.1) is 5.82 Å². The van der Waals surface area contributed by atoms with Crippen molar-refractivity contribution in [1.29, 1.82) is 0 Å². The summed E-state index contributed by atoms with van der Waals surface area (Å²) in [5.41, 5.74) is 2.73. The first-order valence-electron chi connectivity index (χ1n) is 11.3. The first-order chi connectivity index (χ1) is 17.2. The number of rotatable bonds is 8. The molecule has 0 spiro atoms. The molecule has 0 atom stereocenters. The Balaban J connectivity index is 1.27. The van der Waals surface area contributed by atoms with Crippen LogP contribution in [0.15, 0.2) is 65.1 Å². The van der Waals surface area contributed by atoms with E-state index in [1.54, 1.807) is 29.9 Å². The molecular formula is C25H23ClFN5OS2. The lowest BCUT2D eigenvalue weighted by molar-refractivity contribution is 0.460. The van der Waals surface area contributed by atoms with Crippen molar-refractivity contribution in [3.8, 4) is 22.2 Å². The summed E-state index contributed by atoms with van der Waals surface area (Å²) in [5, 5.41) is 4.05. The predicted molar refractivity (Wildman–Crippen MR) is 141 cm³/mol. The molecule has 0 amide bonds. The summed E-state index contributed by atoms with van der Waals surface area (Å²) in [6.07, 6.45) is 7.75. The topological polar surface area (TPSA) is 72.0 Å². The number of anilines is 2. The van der Waals surface area contributed by atoms with Crippen molar-refractivity contribution in [3.63, 3.8) is 0 Å². The van der Waals surface area contributed by atoms with Crippen molar-refractivity contribution in [1.82, 2.24) is 15.0 Å². The highest BCUT2D eigenvalue weighted by molar-refractivity contribution is 8.00. The second-order valence-electron chi connectivity index (χ2n) is 8.11. The molecule has 6 nitrogen and oxygen atoms in total. The molecule has 2 aromatic heterocycles. The second kappa shape index (κ2) is 11.2. The third-order valence-electron chi connectivity index (χ3n) is 5.62. The lowest BCUT2D eigenvalue weighted by atomic mass is 9.96. The number of aromatic nitrogens is 3. The average Bonchev–Trinajstić information content (AvgIpc) is 3.33. The third kappa shape index (κ3) is 6.04. The quantitative estimate of drug-likeness (QED) is 0.224. The zero-order chi connectivity index (χ0) is 24.0. The Morgan fingerprint density at radius 1 is 1.06 bits per heavy atom. The summed E-state index contributed by atoms with van der Waals surface area (Å²) in [7, 11) is 0. The minimum absolute atomic E-state index is 0.329. The summed E-state index contributed by atoms with van der Waals surface area (Å²) >= 11 is 8.83. The Morgan fingerprint density at radius 3 is 2.74 bits per heavy atom. The summed E-state index contributed by atoms with van der Waals surface area (Å²) < 4.78 is 23.7. The zero-order valence-corrected chi connectivity index (χ0v) is 21.1. The third-order valence-corrected chi connectivity index (χ3v) is 7.79. The van der Waals surface area contributed by atoms with Crippen LogP contribution in [0.1, 0.15) is 32.1 Å². The van der Waals surface area contributed by atoms with Crippen molar-refractivity contribution in [2.24, 2.45) is 0 Å². The van der Waals surface area contributed by atoms with E-state index in [-0.39, 0.29) is 0 Å². The van der Waals surface area contributed by atoms with Gasteiger partial charge in [-0.05, 0) is 55.1 Å². The van der Waals surface area contributed by atoms with Crippen molar-refractivity contribution in [2.45, 2.75) is 43.0 Å². The fourth-order valence-corrected chi connectivity index (χ4v) is 5.49. The van der Waals surface area contributed by atoms with E-state index in [1.165, 1.54) is 48.6 Å². The van der Waals surface area contributed by atoms with Gasteiger partial charge in [0.2, 0.25) is 11.8 Å². The monoisotopic (exact) mass is 527 g/mol. The van der Waals surface area contributed by atoms with E-state index < -0.39 is 5.82 Å². The van der Waals surface area contributed by atoms with Crippen LogP contribution in [0.25, 0.3) is 10.6 Å². The zero-order valence-electron chi connectivity index (χ0n) is 18.7. The SMILES string of the molecule is Fc1cc(Oc2ncsc2-c2ccnc(NC3CCCCC3)n2)ccc1NSc1ccccc1Cl. The number of ether oxygens (including phenoxy) is 1. The average molecular weight is 528 g/mol. The first kappa shape index (κ1) is 23.8. The maximum absolute atomic E-state index is 14.7. The van der Waals surface area contributed by atoms with E-state index in [4.69, 9.17) is 16.3 Å². The molecule has 0 saturated heterocycles. The fraction of sp³-hybridized carbons (Fsp3) is 0.240. The van der Waals surface area contributed by atoms with Crippen molar-refractivity contribution >= 4 is 46.5 Å². The molecule has 4 aromatic rings. The molecule has 2 aromatic carbocycles. The summed E-state index contributed by atoms with van der Waals surface area (Å²) in [5.74, 6) is 0.881. The molecule has 35 heavy (non-hydrogen) atoms. The van der Waals surface area contributed by atoms with Gasteiger partial charge in [-0.3, -0.25) is 0 Å². The van der Waals surface area contributed by atoms with E-state index in [1.807, 2.05) is 24.3 Å². The number of hydrogen-bond donors (Lipinski definition) is 2. The maximum atomic E-state index is 14.7. The summed E-state index contributed by atoms with van der Waals surface area (Å²) in [4.78, 5) is 14.9. The van der Waals surface area contributed by atoms with Gasteiger partial charge in [-0.25, -0.2) is 19.3 Å². The van der Waals surface area contributed by atoms with Crippen LogP contribution in [-0.4, -0.2) is 21.0 Å². The number of hydrogen-bond acceptors (Lipinski definition) is 8. The maximum Gasteiger partial charge on any atom is 0.239 e. The molecule has 180 valence electrons. The molecule has 0 aliphatic heterocycles. The van der Waals surface area contributed by atoms with Crippen molar-refractivity contribution < 1.29 is 9.13 Å². The number of benzene rings is 2. The number of halogens is 2. The standard InChI is InChI=1S/C25H23ClFN5OS2/c26-18-8-4-5-9-22(18)35-32-20-11-10-17(14-19(20)27)33-24-23(34-15-29-24)21-12-13-28-25(31-21)30-16-6-2-1-3-7-16/h4-5,8-16,32H,1-3,6-7H2,(H,28,30,31). The molecule has 5 rings (SSSR count). The van der Waals surface area contributed by atoms with Crippen LogP contribution in [-0.2, 0) is 0 Å². The number of nitrogens with zero attached hydrogens (tertiary/aromatic N) is 3. The molecule has 1 aliphatic rings. The molecule has 1 aliphatic carbocycles. The van der Waals surface area contributed by atoms with Gasteiger partial charge in [-0.2, -0.15) is 0 Å². The molecule has 0 unspecified atom stereocenters. The highest BCUT2D eigenvalue weighted by Gasteiger charge is 2.17. The van der Waals surface area contributed by atoms with Crippen LogP contribution >= 0.6 is 34.9 Å². The predicted octanol–water partition coefficient (Wildman–Crippen LogP) is 8.05. The van der Waals surface area contributed by atoms with Gasteiger partial charge >= 0.3 is 0 Å². The molecule has 1 saturated carbocycles. The molecule has 2 heterocycles. The Hall–Kier alpha value is -2.88. The molecule has 1 fully saturated rings. The lowest BCUT2D eigenvalue weighted by Crippen LogP contribution is -2.23. The number of nitrogens with one attached hydrogen (secondary N) is 2. The van der Waals surface area contributed by atoms with Gasteiger partial charge in [0.25, 0.3) is 0 Å². The van der Waals surface area contributed by atoms with E-state index in [0.29, 0.717) is 40.0 Å². The smallest absolute Gasteiger partial charge is 0.239 e. The highest BCUT2D eigenvalue weighted by Crippen LogP contribution is 2.36. The Morgan fingerprint density at radius 2 is 1.91 bits per heavy atom. The molecule has 10 heteroatoms. The van der Waals surface area contributed by atoms with Gasteiger partial charge in [0.05, 0.1) is 21.9 Å². The van der Waals surface area contributed by atoms with Crippen LogP contribution in [0.3, 0.4) is 0 Å². The Bertz CT molecular complexity index is 1300. The van der Waals surface area contributed by atoms with Crippen molar-refractivity contribution in [3.05, 3.63) is 71.1 Å². The van der Waals surface area contributed by atoms with Crippen LogP contribution in [0.5, 0.6) is 11.6 Å². The minimum atomic E-state index is -0.445. The normalized spacial score (nSPS) is 14.0. The van der Waals surface area contributed by atoms with Crippen LogP contribution in [0.4, 0.5) is 16.0 Å². The first-order valence-corrected chi connectivity index (χ1v) is 13.4. The van der Waals surface area contributed by atoms with Gasteiger partial charge < -0.3 is 14.8 Å². The van der Waals surface area contributed by atoms with Crippen LogP contribution in [0.2, 0.25) is 5.02 Å². The van der Waals surface area contributed by atoms with Gasteiger partial charge in [0.15, 0.2) is 5.82 Å². The molecule has 0 bridgehead atoms. The van der Waals surface area contributed by atoms with Gasteiger partial charge in [0.1, 0.15) is 10.6 Å². The van der Waals surface area contributed by atoms with E-state index >= 15 is 0 Å². The molecule has 2 N–H and O–H groups in total. The highest BCUT2D eigenvalue weighted by atomic mass is 35.5. The van der Waals surface area contributed by atoms with E-state index in [9.17, 15) is 4.39 Å². The lowest BCUT2D eigenvalue weighted by Gasteiger charge is -2.22. The summed E-state index contributed by atoms with van der Waals surface area (Å²) in [6.45, 7) is 0. The second-order valence-corrected chi connectivity index (χ2v) is 10.2. The molecule has 0 radical (unpaired) electrons. The van der Waals surface area contributed by atoms with E-state index in [0.717, 1.165) is 22.6 Å². The van der Waals surface area contributed by atoms with E-state index in [2.05, 4.69) is 25.0 Å². The van der Waals surface area contributed by atoms with Crippen LogP contribution < -0.4 is 14.8 Å². The summed E-state index contributed by atoms with van der Waals surface area (Å²) in [6, 6.07) is 14.3. The van der Waals surface area contributed by atoms with Gasteiger partial charge in [-0.1, -0.05) is 43.0 Å². The van der Waals surface area contributed by atoms with Gasteiger partial charge in [-0.15, -0.1) is 11.3 Å². The number of thiazole rings is 1. The largest absolute Gasteiger partial charge is 0.437 e.